The van der Waals surface area contributed by atoms with E-state index in [1.807, 2.05) is 30.5 Å². The minimum absolute atomic E-state index is 0.0390. The molecule has 20 heavy (non-hydrogen) atoms. The van der Waals surface area contributed by atoms with Crippen LogP contribution in [0, 0.1) is 0 Å². The lowest BCUT2D eigenvalue weighted by molar-refractivity contribution is -0.140. The average molecular weight is 295 g/mol. The molecule has 110 valence electrons. The van der Waals surface area contributed by atoms with Gasteiger partial charge in [-0.15, -0.1) is 11.8 Å². The van der Waals surface area contributed by atoms with Crippen molar-refractivity contribution in [3.63, 3.8) is 0 Å². The van der Waals surface area contributed by atoms with Gasteiger partial charge >= 0.3 is 5.97 Å². The van der Waals surface area contributed by atoms with E-state index in [1.54, 1.807) is 11.8 Å². The third kappa shape index (κ3) is 5.65. The molecule has 1 N–H and O–H groups in total. The zero-order chi connectivity index (χ0) is 14.8. The standard InChI is InChI=1S/C15H21NO3S/c1-19-14(17)10-4-3-7-11-16-15(18)12-8-5-6-9-13(12)20-2/h5-6,8-9H,3-4,7,10-11H2,1-2H3,(H,16,18). The highest BCUT2D eigenvalue weighted by molar-refractivity contribution is 7.98. The highest BCUT2D eigenvalue weighted by Gasteiger charge is 2.09. The van der Waals surface area contributed by atoms with Crippen molar-refractivity contribution in [2.24, 2.45) is 0 Å². The van der Waals surface area contributed by atoms with Crippen LogP contribution < -0.4 is 5.32 Å². The van der Waals surface area contributed by atoms with Gasteiger partial charge in [-0.2, -0.15) is 0 Å². The van der Waals surface area contributed by atoms with E-state index in [0.717, 1.165) is 29.7 Å². The molecule has 1 aromatic rings. The van der Waals surface area contributed by atoms with Crippen molar-refractivity contribution in [3.8, 4) is 0 Å². The van der Waals surface area contributed by atoms with Crippen molar-refractivity contribution < 1.29 is 14.3 Å². The molecule has 1 rings (SSSR count). The zero-order valence-corrected chi connectivity index (χ0v) is 12.8. The van der Waals surface area contributed by atoms with Crippen molar-refractivity contribution in [1.29, 1.82) is 0 Å². The Labute approximate surface area is 124 Å². The minimum atomic E-state index is -0.178. The van der Waals surface area contributed by atoms with E-state index in [-0.39, 0.29) is 11.9 Å². The number of hydrogen-bond donors (Lipinski definition) is 1. The van der Waals surface area contributed by atoms with Crippen LogP contribution in [0.5, 0.6) is 0 Å². The van der Waals surface area contributed by atoms with Crippen LogP contribution in [-0.2, 0) is 9.53 Å². The molecule has 5 heteroatoms. The van der Waals surface area contributed by atoms with Crippen LogP contribution in [0.1, 0.15) is 36.0 Å². The summed E-state index contributed by atoms with van der Waals surface area (Å²) in [7, 11) is 1.39. The molecule has 1 amide bonds. The van der Waals surface area contributed by atoms with Crippen LogP contribution in [0.3, 0.4) is 0 Å². The number of ether oxygens (including phenoxy) is 1. The second-order valence-corrected chi connectivity index (χ2v) is 5.19. The van der Waals surface area contributed by atoms with Crippen LogP contribution >= 0.6 is 11.8 Å². The summed E-state index contributed by atoms with van der Waals surface area (Å²) >= 11 is 1.56. The largest absolute Gasteiger partial charge is 0.469 e. The lowest BCUT2D eigenvalue weighted by Gasteiger charge is -2.08. The van der Waals surface area contributed by atoms with Gasteiger partial charge in [0.15, 0.2) is 0 Å². The quantitative estimate of drug-likeness (QED) is 0.455. The van der Waals surface area contributed by atoms with Crippen molar-refractivity contribution in [2.75, 3.05) is 19.9 Å². The number of nitrogens with one attached hydrogen (secondary N) is 1. The number of esters is 1. The molecule has 0 radical (unpaired) electrons. The normalized spacial score (nSPS) is 10.1. The number of amides is 1. The van der Waals surface area contributed by atoms with Gasteiger partial charge < -0.3 is 10.1 Å². The number of hydrogen-bond acceptors (Lipinski definition) is 4. The predicted octanol–water partition coefficient (Wildman–Crippen LogP) is 2.87. The zero-order valence-electron chi connectivity index (χ0n) is 12.0. The highest BCUT2D eigenvalue weighted by Crippen LogP contribution is 2.19. The van der Waals surface area contributed by atoms with Crippen molar-refractivity contribution in [1.82, 2.24) is 5.32 Å². The van der Waals surface area contributed by atoms with E-state index in [4.69, 9.17) is 0 Å². The molecule has 0 aromatic heterocycles. The fourth-order valence-corrected chi connectivity index (χ4v) is 2.40. The molecular weight excluding hydrogens is 274 g/mol. The lowest BCUT2D eigenvalue weighted by Crippen LogP contribution is -2.24. The van der Waals surface area contributed by atoms with Gasteiger partial charge in [0.25, 0.3) is 5.91 Å². The Balaban J connectivity index is 2.25. The van der Waals surface area contributed by atoms with Crippen molar-refractivity contribution in [2.45, 2.75) is 30.6 Å². The van der Waals surface area contributed by atoms with E-state index < -0.39 is 0 Å². The molecule has 0 saturated heterocycles. The second-order valence-electron chi connectivity index (χ2n) is 4.34. The van der Waals surface area contributed by atoms with E-state index in [9.17, 15) is 9.59 Å². The second kappa shape index (κ2) is 9.42. The van der Waals surface area contributed by atoms with Gasteiger partial charge in [-0.25, -0.2) is 0 Å². The minimum Gasteiger partial charge on any atom is -0.469 e. The average Bonchev–Trinajstić information content (AvgIpc) is 2.49. The molecule has 0 saturated carbocycles. The molecule has 0 heterocycles. The summed E-state index contributed by atoms with van der Waals surface area (Å²) < 4.78 is 4.57. The number of benzene rings is 1. The number of thioether (sulfide) groups is 1. The predicted molar refractivity (Wildman–Crippen MR) is 81.0 cm³/mol. The van der Waals surface area contributed by atoms with Gasteiger partial charge in [-0.05, 0) is 31.2 Å². The number of carbonyl (C=O) groups excluding carboxylic acids is 2. The fourth-order valence-electron chi connectivity index (χ4n) is 1.80. The summed E-state index contributed by atoms with van der Waals surface area (Å²) in [5.74, 6) is -0.217. The first-order valence-electron chi connectivity index (χ1n) is 6.67. The van der Waals surface area contributed by atoms with Crippen LogP contribution in [-0.4, -0.2) is 31.8 Å². The SMILES string of the molecule is COC(=O)CCCCCNC(=O)c1ccccc1SC. The molecule has 0 unspecified atom stereocenters. The van der Waals surface area contributed by atoms with Gasteiger partial charge in [-0.3, -0.25) is 9.59 Å². The van der Waals surface area contributed by atoms with Crippen LogP contribution in [0.15, 0.2) is 29.2 Å². The van der Waals surface area contributed by atoms with Crippen LogP contribution in [0.25, 0.3) is 0 Å². The van der Waals surface area contributed by atoms with Gasteiger partial charge in [-0.1, -0.05) is 18.6 Å². The number of carbonyl (C=O) groups is 2. The summed E-state index contributed by atoms with van der Waals surface area (Å²) in [4.78, 5) is 23.9. The van der Waals surface area contributed by atoms with Gasteiger partial charge in [0.1, 0.15) is 0 Å². The summed E-state index contributed by atoms with van der Waals surface area (Å²) in [6.45, 7) is 0.628. The van der Waals surface area contributed by atoms with E-state index >= 15 is 0 Å². The summed E-state index contributed by atoms with van der Waals surface area (Å²) in [5, 5.41) is 2.91. The number of methoxy groups -OCH3 is 1. The van der Waals surface area contributed by atoms with Gasteiger partial charge in [0, 0.05) is 17.9 Å². The molecule has 0 spiro atoms. The van der Waals surface area contributed by atoms with E-state index in [0.29, 0.717) is 13.0 Å². The molecule has 0 fully saturated rings. The monoisotopic (exact) mass is 295 g/mol. The smallest absolute Gasteiger partial charge is 0.305 e. The Bertz CT molecular complexity index is 448. The molecule has 0 atom stereocenters. The third-order valence-corrected chi connectivity index (χ3v) is 3.72. The highest BCUT2D eigenvalue weighted by atomic mass is 32.2. The Morgan fingerprint density at radius 2 is 1.95 bits per heavy atom. The third-order valence-electron chi connectivity index (χ3n) is 2.92. The van der Waals surface area contributed by atoms with E-state index in [1.165, 1.54) is 7.11 Å². The first-order valence-corrected chi connectivity index (χ1v) is 7.89. The first kappa shape index (κ1) is 16.6. The fraction of sp³-hybridized carbons (Fsp3) is 0.467. The Morgan fingerprint density at radius 1 is 1.20 bits per heavy atom. The number of unbranched alkanes of at least 4 members (excludes halogenated alkanes) is 2. The molecule has 0 bridgehead atoms. The molecular formula is C15H21NO3S. The first-order chi connectivity index (χ1) is 9.69. The van der Waals surface area contributed by atoms with Crippen molar-refractivity contribution >= 4 is 23.6 Å². The molecule has 0 aliphatic rings. The maximum atomic E-state index is 12.0. The Hall–Kier alpha value is -1.49. The summed E-state index contributed by atoms with van der Waals surface area (Å²) in [6.07, 6.45) is 4.96. The maximum Gasteiger partial charge on any atom is 0.305 e. The molecule has 0 aliphatic heterocycles. The summed E-state index contributed by atoms with van der Waals surface area (Å²) in [5.41, 5.74) is 0.717. The topological polar surface area (TPSA) is 55.4 Å². The Kier molecular flexibility index (Phi) is 7.80. The number of rotatable bonds is 8. The van der Waals surface area contributed by atoms with Gasteiger partial charge in [0.2, 0.25) is 0 Å². The molecule has 0 aliphatic carbocycles. The lowest BCUT2D eigenvalue weighted by atomic mass is 10.2. The van der Waals surface area contributed by atoms with Crippen LogP contribution in [0.2, 0.25) is 0 Å². The summed E-state index contributed by atoms with van der Waals surface area (Å²) in [6, 6.07) is 7.56. The maximum absolute atomic E-state index is 12.0. The molecule has 1 aromatic carbocycles. The van der Waals surface area contributed by atoms with E-state index in [2.05, 4.69) is 10.1 Å². The van der Waals surface area contributed by atoms with Crippen LogP contribution in [0.4, 0.5) is 0 Å². The van der Waals surface area contributed by atoms with Gasteiger partial charge in [0.05, 0.1) is 12.7 Å². The molecule has 4 nitrogen and oxygen atoms in total. The van der Waals surface area contributed by atoms with Crippen molar-refractivity contribution in [3.05, 3.63) is 29.8 Å². The Morgan fingerprint density at radius 3 is 2.65 bits per heavy atom.